The Balaban J connectivity index is 1.13. The topological polar surface area (TPSA) is 48.5 Å². The molecule has 260 valence electrons. The molecule has 9 aromatic carbocycles. The van der Waals surface area contributed by atoms with Crippen molar-refractivity contribution in [1.82, 2.24) is 24.3 Å². The van der Waals surface area contributed by atoms with E-state index in [0.29, 0.717) is 5.95 Å². The molecule has 0 saturated carbocycles. The van der Waals surface area contributed by atoms with Crippen LogP contribution in [0.2, 0.25) is 0 Å². The van der Waals surface area contributed by atoms with Gasteiger partial charge in [-0.3, -0.25) is 4.57 Å². The second-order valence-corrected chi connectivity index (χ2v) is 14.5. The number of hydrogen-bond donors (Lipinski definition) is 0. The average molecular weight is 714 g/mol. The Bertz CT molecular complexity index is 3470. The molecule has 0 radical (unpaired) electrons. The molecule has 0 unspecified atom stereocenters. The molecular weight excluding hydrogens is 683 g/mol. The number of benzene rings is 9. The van der Waals surface area contributed by atoms with Crippen molar-refractivity contribution in [2.24, 2.45) is 0 Å². The maximum absolute atomic E-state index is 5.47. The Morgan fingerprint density at radius 3 is 1.36 bits per heavy atom. The Hall–Kier alpha value is -7.63. The van der Waals surface area contributed by atoms with E-state index in [0.717, 1.165) is 82.3 Å². The maximum Gasteiger partial charge on any atom is 0.255 e. The largest absolute Gasteiger partial charge is 0.309 e. The molecule has 5 nitrogen and oxygen atoms in total. The minimum Gasteiger partial charge on any atom is -0.309 e. The minimum absolute atomic E-state index is 0.540. The van der Waals surface area contributed by atoms with Crippen molar-refractivity contribution >= 4 is 76.2 Å². The highest BCUT2D eigenvalue weighted by atomic mass is 15.3. The van der Waals surface area contributed by atoms with Crippen LogP contribution in [0.4, 0.5) is 0 Å². The Morgan fingerprint density at radius 2 is 0.768 bits per heavy atom. The molecule has 0 aliphatic heterocycles. The molecular formula is C51H31N5. The van der Waals surface area contributed by atoms with Gasteiger partial charge in [0.05, 0.1) is 22.1 Å². The van der Waals surface area contributed by atoms with E-state index < -0.39 is 0 Å². The zero-order valence-electron chi connectivity index (χ0n) is 30.1. The molecule has 56 heavy (non-hydrogen) atoms. The summed E-state index contributed by atoms with van der Waals surface area (Å²) in [7, 11) is 0. The molecule has 0 atom stereocenters. The average Bonchev–Trinajstić information content (AvgIpc) is 3.79. The van der Waals surface area contributed by atoms with E-state index in [-0.39, 0.29) is 0 Å². The fourth-order valence-corrected chi connectivity index (χ4v) is 8.87. The van der Waals surface area contributed by atoms with Gasteiger partial charge in [-0.2, -0.15) is 0 Å². The highest BCUT2D eigenvalue weighted by Gasteiger charge is 2.20. The normalized spacial score (nSPS) is 11.9. The van der Waals surface area contributed by atoms with Gasteiger partial charge in [-0.05, 0) is 81.6 Å². The summed E-state index contributed by atoms with van der Waals surface area (Å²) in [5.41, 5.74) is 11.7. The quantitative estimate of drug-likeness (QED) is 0.171. The molecule has 12 aromatic rings. The molecule has 0 amide bonds. The van der Waals surface area contributed by atoms with E-state index in [9.17, 15) is 0 Å². The van der Waals surface area contributed by atoms with Crippen LogP contribution in [0.1, 0.15) is 0 Å². The van der Waals surface area contributed by atoms with Crippen molar-refractivity contribution in [1.29, 1.82) is 0 Å². The van der Waals surface area contributed by atoms with Crippen LogP contribution in [0.3, 0.4) is 0 Å². The first-order chi connectivity index (χ1) is 27.8. The standard InChI is InChI=1S/C51H31N5/c1-3-13-32(14-4-1)34-23-26-37-38-27-24-35(33-15-5-2-6-16-33)30-44(38)50-49(43(37)29-34)52-51(54-53-50)56-47-22-12-9-19-41(47)42-31-36(25-28-48(42)56)55-45-20-10-7-17-39(45)40-18-8-11-21-46(40)55/h1-31H. The van der Waals surface area contributed by atoms with Gasteiger partial charge in [0, 0.05) is 38.0 Å². The Morgan fingerprint density at radius 1 is 0.286 bits per heavy atom. The van der Waals surface area contributed by atoms with Crippen LogP contribution in [0.15, 0.2) is 188 Å². The van der Waals surface area contributed by atoms with E-state index in [2.05, 4.69) is 197 Å². The summed E-state index contributed by atoms with van der Waals surface area (Å²) in [6.07, 6.45) is 0. The van der Waals surface area contributed by atoms with Crippen LogP contribution in [0.5, 0.6) is 0 Å². The SMILES string of the molecule is c1ccc(-c2ccc3c4ccc(-c5ccccc5)cc4c4nc(-n5c6ccccc6c6cc(-n7c8ccccc8c8ccccc87)ccc65)nnc4c3c2)cc1. The van der Waals surface area contributed by atoms with E-state index in [4.69, 9.17) is 15.2 Å². The maximum atomic E-state index is 5.47. The van der Waals surface area contributed by atoms with Crippen LogP contribution in [0.25, 0.3) is 110 Å². The van der Waals surface area contributed by atoms with E-state index in [1.807, 2.05) is 0 Å². The molecule has 5 heteroatoms. The van der Waals surface area contributed by atoms with Crippen LogP contribution in [-0.4, -0.2) is 24.3 Å². The molecule has 0 aliphatic carbocycles. The Labute approximate surface area is 321 Å². The van der Waals surface area contributed by atoms with Crippen LogP contribution >= 0.6 is 0 Å². The lowest BCUT2D eigenvalue weighted by molar-refractivity contribution is 0.926. The number of para-hydroxylation sites is 3. The van der Waals surface area contributed by atoms with Crippen LogP contribution < -0.4 is 0 Å². The van der Waals surface area contributed by atoms with Gasteiger partial charge in [0.15, 0.2) is 0 Å². The molecule has 0 bridgehead atoms. The lowest BCUT2D eigenvalue weighted by Crippen LogP contribution is -2.04. The van der Waals surface area contributed by atoms with E-state index >= 15 is 0 Å². The van der Waals surface area contributed by atoms with Crippen molar-refractivity contribution in [3.8, 4) is 33.9 Å². The summed E-state index contributed by atoms with van der Waals surface area (Å²) in [6, 6.07) is 67.0. The predicted octanol–water partition coefficient (Wildman–Crippen LogP) is 12.9. The first-order valence-corrected chi connectivity index (χ1v) is 19.0. The summed E-state index contributed by atoms with van der Waals surface area (Å²) < 4.78 is 4.54. The van der Waals surface area contributed by atoms with Gasteiger partial charge in [0.1, 0.15) is 11.0 Å². The summed E-state index contributed by atoms with van der Waals surface area (Å²) in [4.78, 5) is 5.47. The molecule has 0 fully saturated rings. The van der Waals surface area contributed by atoms with Gasteiger partial charge < -0.3 is 4.57 Å². The summed E-state index contributed by atoms with van der Waals surface area (Å²) in [5.74, 6) is 0.540. The molecule has 0 aliphatic rings. The third-order valence-corrected chi connectivity index (χ3v) is 11.4. The van der Waals surface area contributed by atoms with Crippen molar-refractivity contribution < 1.29 is 0 Å². The molecule has 0 spiro atoms. The lowest BCUT2D eigenvalue weighted by atomic mass is 9.94. The molecule has 0 N–H and O–H groups in total. The highest BCUT2D eigenvalue weighted by Crippen LogP contribution is 2.40. The second-order valence-electron chi connectivity index (χ2n) is 14.5. The first-order valence-electron chi connectivity index (χ1n) is 19.0. The van der Waals surface area contributed by atoms with Gasteiger partial charge in [-0.1, -0.05) is 140 Å². The summed E-state index contributed by atoms with van der Waals surface area (Å²) in [6.45, 7) is 0. The molecule has 3 heterocycles. The van der Waals surface area contributed by atoms with Crippen LogP contribution in [-0.2, 0) is 0 Å². The third-order valence-electron chi connectivity index (χ3n) is 11.4. The van der Waals surface area contributed by atoms with E-state index in [1.165, 1.54) is 21.8 Å². The fourth-order valence-electron chi connectivity index (χ4n) is 8.87. The van der Waals surface area contributed by atoms with Crippen molar-refractivity contribution in [3.05, 3.63) is 188 Å². The summed E-state index contributed by atoms with van der Waals surface area (Å²) >= 11 is 0. The van der Waals surface area contributed by atoms with Gasteiger partial charge in [0.25, 0.3) is 5.95 Å². The highest BCUT2D eigenvalue weighted by molar-refractivity contribution is 6.24. The molecule has 0 saturated heterocycles. The zero-order chi connectivity index (χ0) is 36.7. The van der Waals surface area contributed by atoms with Crippen LogP contribution in [0, 0.1) is 0 Å². The molecule has 12 rings (SSSR count). The van der Waals surface area contributed by atoms with Crippen molar-refractivity contribution in [2.45, 2.75) is 0 Å². The fraction of sp³-hybridized carbons (Fsp3) is 0. The monoisotopic (exact) mass is 713 g/mol. The smallest absolute Gasteiger partial charge is 0.255 e. The van der Waals surface area contributed by atoms with Crippen molar-refractivity contribution in [2.75, 3.05) is 0 Å². The summed E-state index contributed by atoms with van der Waals surface area (Å²) in [5, 5.41) is 19.1. The van der Waals surface area contributed by atoms with Gasteiger partial charge in [0.2, 0.25) is 0 Å². The second kappa shape index (κ2) is 11.9. The Kier molecular flexibility index (Phi) is 6.56. The van der Waals surface area contributed by atoms with Gasteiger partial charge >= 0.3 is 0 Å². The molecule has 3 aromatic heterocycles. The number of aromatic nitrogens is 5. The van der Waals surface area contributed by atoms with E-state index in [1.54, 1.807) is 0 Å². The zero-order valence-corrected chi connectivity index (χ0v) is 30.1. The number of nitrogens with zero attached hydrogens (tertiary/aromatic N) is 5. The van der Waals surface area contributed by atoms with Gasteiger partial charge in [-0.15, -0.1) is 10.2 Å². The number of rotatable bonds is 4. The number of hydrogen-bond acceptors (Lipinski definition) is 3. The van der Waals surface area contributed by atoms with Crippen molar-refractivity contribution in [3.63, 3.8) is 0 Å². The third kappa shape index (κ3) is 4.52. The predicted molar refractivity (Wildman–Crippen MR) is 232 cm³/mol. The minimum atomic E-state index is 0.540. The lowest BCUT2D eigenvalue weighted by Gasteiger charge is -2.13. The first kappa shape index (κ1) is 30.8. The van der Waals surface area contributed by atoms with Gasteiger partial charge in [-0.25, -0.2) is 4.98 Å². The number of fused-ring (bicyclic) bond motifs is 12.